The van der Waals surface area contributed by atoms with Crippen LogP contribution in [0.1, 0.15) is 43.4 Å². The molecule has 0 radical (unpaired) electrons. The minimum absolute atomic E-state index is 0.0367. The molecule has 1 atom stereocenters. The molecule has 0 bridgehead atoms. The number of halogens is 1. The van der Waals surface area contributed by atoms with Gasteiger partial charge >= 0.3 is 5.97 Å². The zero-order chi connectivity index (χ0) is 14.8. The van der Waals surface area contributed by atoms with Crippen molar-refractivity contribution in [1.29, 1.82) is 0 Å². The van der Waals surface area contributed by atoms with Crippen molar-refractivity contribution < 1.29 is 13.9 Å². The van der Waals surface area contributed by atoms with Crippen LogP contribution < -0.4 is 0 Å². The first-order valence-corrected chi connectivity index (χ1v) is 7.88. The van der Waals surface area contributed by atoms with Crippen molar-refractivity contribution in [3.05, 3.63) is 35.1 Å². The van der Waals surface area contributed by atoms with Gasteiger partial charge in [-0.1, -0.05) is 6.07 Å². The molecule has 1 heterocycles. The molecule has 0 spiro atoms. The largest absolute Gasteiger partial charge is 0.466 e. The number of nitrogens with zero attached hydrogens (tertiary/aromatic N) is 1. The second-order valence-electron chi connectivity index (χ2n) is 5.96. The standard InChI is InChI=1S/C17H22FNO2/c1-2-21-17(20)13-7-9-19(10-8-13)16-6-4-12-3-5-14(18)11-15(12)16/h3,5,11,13,16H,2,4,6-10H2,1H3/t16-/m0/s1. The van der Waals surface area contributed by atoms with E-state index in [-0.39, 0.29) is 17.7 Å². The molecule has 114 valence electrons. The van der Waals surface area contributed by atoms with Gasteiger partial charge in [0, 0.05) is 6.04 Å². The molecule has 2 aliphatic rings. The van der Waals surface area contributed by atoms with Crippen LogP contribution >= 0.6 is 0 Å². The van der Waals surface area contributed by atoms with Crippen molar-refractivity contribution in [3.8, 4) is 0 Å². The maximum Gasteiger partial charge on any atom is 0.309 e. The van der Waals surface area contributed by atoms with Crippen LogP contribution in [0.15, 0.2) is 18.2 Å². The smallest absolute Gasteiger partial charge is 0.309 e. The molecule has 1 aliphatic carbocycles. The number of likely N-dealkylation sites (tertiary alicyclic amines) is 1. The van der Waals surface area contributed by atoms with Crippen molar-refractivity contribution in [2.45, 2.75) is 38.6 Å². The van der Waals surface area contributed by atoms with Gasteiger partial charge in [0.2, 0.25) is 0 Å². The Labute approximate surface area is 125 Å². The Hall–Kier alpha value is -1.42. The average molecular weight is 291 g/mol. The van der Waals surface area contributed by atoms with E-state index in [0.29, 0.717) is 12.6 Å². The summed E-state index contributed by atoms with van der Waals surface area (Å²) in [5.74, 6) is -0.174. The van der Waals surface area contributed by atoms with Gasteiger partial charge in [0.15, 0.2) is 0 Å². The van der Waals surface area contributed by atoms with E-state index >= 15 is 0 Å². The Morgan fingerprint density at radius 3 is 2.81 bits per heavy atom. The Morgan fingerprint density at radius 2 is 2.10 bits per heavy atom. The van der Waals surface area contributed by atoms with Crippen LogP contribution in [0.2, 0.25) is 0 Å². The molecule has 0 amide bonds. The first-order valence-electron chi connectivity index (χ1n) is 7.88. The number of hydrogen-bond donors (Lipinski definition) is 0. The third-order valence-corrected chi connectivity index (χ3v) is 4.74. The summed E-state index contributed by atoms with van der Waals surface area (Å²) in [6, 6.07) is 5.47. The molecular weight excluding hydrogens is 269 g/mol. The maximum atomic E-state index is 13.5. The molecular formula is C17H22FNO2. The van der Waals surface area contributed by atoms with Crippen LogP contribution in [0, 0.1) is 11.7 Å². The lowest BCUT2D eigenvalue weighted by atomic mass is 9.94. The minimum Gasteiger partial charge on any atom is -0.466 e. The first kappa shape index (κ1) is 14.5. The number of rotatable bonds is 3. The number of fused-ring (bicyclic) bond motifs is 1. The lowest BCUT2D eigenvalue weighted by molar-refractivity contribution is -0.149. The fraction of sp³-hybridized carbons (Fsp3) is 0.588. The number of piperidine rings is 1. The second kappa shape index (κ2) is 6.14. The zero-order valence-corrected chi connectivity index (χ0v) is 12.5. The van der Waals surface area contributed by atoms with Gasteiger partial charge in [-0.15, -0.1) is 0 Å². The first-order chi connectivity index (χ1) is 10.2. The summed E-state index contributed by atoms with van der Waals surface area (Å²) in [5.41, 5.74) is 2.42. The Balaban J connectivity index is 1.64. The average Bonchev–Trinajstić information content (AvgIpc) is 2.90. The van der Waals surface area contributed by atoms with Gasteiger partial charge < -0.3 is 4.74 Å². The van der Waals surface area contributed by atoms with Crippen molar-refractivity contribution in [1.82, 2.24) is 4.90 Å². The summed E-state index contributed by atoms with van der Waals surface area (Å²) >= 11 is 0. The number of carbonyl (C=O) groups is 1. The molecule has 0 aromatic heterocycles. The lowest BCUT2D eigenvalue weighted by Gasteiger charge is -2.35. The van der Waals surface area contributed by atoms with Crippen LogP contribution in [0.5, 0.6) is 0 Å². The lowest BCUT2D eigenvalue weighted by Crippen LogP contribution is -2.38. The van der Waals surface area contributed by atoms with E-state index in [1.807, 2.05) is 13.0 Å². The van der Waals surface area contributed by atoms with E-state index < -0.39 is 0 Å². The topological polar surface area (TPSA) is 29.5 Å². The third-order valence-electron chi connectivity index (χ3n) is 4.74. The van der Waals surface area contributed by atoms with Crippen molar-refractivity contribution >= 4 is 5.97 Å². The maximum absolute atomic E-state index is 13.5. The molecule has 0 unspecified atom stereocenters. The summed E-state index contributed by atoms with van der Waals surface area (Å²) < 4.78 is 18.6. The highest BCUT2D eigenvalue weighted by Crippen LogP contribution is 2.38. The molecule has 21 heavy (non-hydrogen) atoms. The van der Waals surface area contributed by atoms with Gasteiger partial charge in [-0.2, -0.15) is 0 Å². The minimum atomic E-state index is -0.151. The molecule has 1 aromatic carbocycles. The fourth-order valence-corrected chi connectivity index (χ4v) is 3.64. The SMILES string of the molecule is CCOC(=O)C1CCN([C@H]2CCc3ccc(F)cc32)CC1. The summed E-state index contributed by atoms with van der Waals surface area (Å²) in [5, 5.41) is 0. The molecule has 1 aliphatic heterocycles. The fourth-order valence-electron chi connectivity index (χ4n) is 3.64. The van der Waals surface area contributed by atoms with Crippen LogP contribution in [0.25, 0.3) is 0 Å². The molecule has 1 aromatic rings. The van der Waals surface area contributed by atoms with Gasteiger partial charge in [0.1, 0.15) is 5.82 Å². The predicted octanol–water partition coefficient (Wildman–Crippen LogP) is 3.09. The van der Waals surface area contributed by atoms with Crippen molar-refractivity contribution in [2.24, 2.45) is 5.92 Å². The number of carbonyl (C=O) groups excluding carboxylic acids is 1. The Kier molecular flexibility index (Phi) is 4.24. The van der Waals surface area contributed by atoms with Gasteiger partial charge in [-0.05, 0) is 69.0 Å². The van der Waals surface area contributed by atoms with Gasteiger partial charge in [0.25, 0.3) is 0 Å². The van der Waals surface area contributed by atoms with E-state index in [0.717, 1.165) is 44.3 Å². The predicted molar refractivity (Wildman–Crippen MR) is 78.4 cm³/mol. The van der Waals surface area contributed by atoms with Crippen molar-refractivity contribution in [3.63, 3.8) is 0 Å². The zero-order valence-electron chi connectivity index (χ0n) is 12.5. The number of hydrogen-bond acceptors (Lipinski definition) is 3. The monoisotopic (exact) mass is 291 g/mol. The van der Waals surface area contributed by atoms with Gasteiger partial charge in [-0.25, -0.2) is 4.39 Å². The van der Waals surface area contributed by atoms with Crippen molar-refractivity contribution in [2.75, 3.05) is 19.7 Å². The van der Waals surface area contributed by atoms with Gasteiger partial charge in [0.05, 0.1) is 12.5 Å². The van der Waals surface area contributed by atoms with E-state index in [2.05, 4.69) is 4.90 Å². The van der Waals surface area contributed by atoms with Crippen LogP contribution in [0.3, 0.4) is 0 Å². The number of esters is 1. The number of benzene rings is 1. The highest BCUT2D eigenvalue weighted by atomic mass is 19.1. The molecule has 0 saturated carbocycles. The Bertz CT molecular complexity index is 524. The molecule has 1 fully saturated rings. The highest BCUT2D eigenvalue weighted by Gasteiger charge is 2.33. The highest BCUT2D eigenvalue weighted by molar-refractivity contribution is 5.72. The van der Waals surface area contributed by atoms with E-state index in [1.165, 1.54) is 5.56 Å². The van der Waals surface area contributed by atoms with E-state index in [9.17, 15) is 9.18 Å². The summed E-state index contributed by atoms with van der Waals surface area (Å²) in [6.07, 6.45) is 3.78. The second-order valence-corrected chi connectivity index (χ2v) is 5.96. The van der Waals surface area contributed by atoms with Crippen LogP contribution in [0.4, 0.5) is 4.39 Å². The van der Waals surface area contributed by atoms with E-state index in [4.69, 9.17) is 4.74 Å². The van der Waals surface area contributed by atoms with Crippen LogP contribution in [-0.2, 0) is 16.0 Å². The van der Waals surface area contributed by atoms with Crippen LogP contribution in [-0.4, -0.2) is 30.6 Å². The molecule has 3 nitrogen and oxygen atoms in total. The normalized spacial score (nSPS) is 23.0. The third kappa shape index (κ3) is 2.95. The van der Waals surface area contributed by atoms with Gasteiger partial charge in [-0.3, -0.25) is 9.69 Å². The molecule has 0 N–H and O–H groups in total. The summed E-state index contributed by atoms with van der Waals surface area (Å²) in [6.45, 7) is 4.08. The molecule has 3 rings (SSSR count). The Morgan fingerprint density at radius 1 is 1.33 bits per heavy atom. The number of aryl methyl sites for hydroxylation is 1. The summed E-state index contributed by atoms with van der Waals surface area (Å²) in [4.78, 5) is 14.2. The quantitative estimate of drug-likeness (QED) is 0.802. The summed E-state index contributed by atoms with van der Waals surface area (Å²) in [7, 11) is 0. The molecule has 4 heteroatoms. The van der Waals surface area contributed by atoms with E-state index in [1.54, 1.807) is 12.1 Å². The number of ether oxygens (including phenoxy) is 1. The molecule has 1 saturated heterocycles.